The molecular formula is C26H32F3N7O3. The molecule has 10 nitrogen and oxygen atoms in total. The van der Waals surface area contributed by atoms with Crippen molar-refractivity contribution in [3.63, 3.8) is 0 Å². The number of nitrogens with two attached hydrogens (primary N) is 1. The van der Waals surface area contributed by atoms with Gasteiger partial charge in [0.05, 0.1) is 11.4 Å². The molecule has 4 N–H and O–H groups in total. The fourth-order valence-corrected chi connectivity index (χ4v) is 5.00. The van der Waals surface area contributed by atoms with Crippen LogP contribution in [0.15, 0.2) is 48.7 Å². The Labute approximate surface area is 224 Å². The van der Waals surface area contributed by atoms with Gasteiger partial charge in [-0.1, -0.05) is 24.8 Å². The first-order chi connectivity index (χ1) is 18.4. The molecule has 0 aromatic carbocycles. The van der Waals surface area contributed by atoms with Gasteiger partial charge in [0.2, 0.25) is 17.9 Å². The molecule has 39 heavy (non-hydrogen) atoms. The zero-order valence-electron chi connectivity index (χ0n) is 21.8. The van der Waals surface area contributed by atoms with E-state index in [0.29, 0.717) is 50.4 Å². The highest BCUT2D eigenvalue weighted by molar-refractivity contribution is 5.74. The van der Waals surface area contributed by atoms with Crippen molar-refractivity contribution >= 4 is 23.4 Å². The van der Waals surface area contributed by atoms with Crippen molar-refractivity contribution in [1.29, 1.82) is 0 Å². The van der Waals surface area contributed by atoms with Crippen LogP contribution >= 0.6 is 0 Å². The number of ether oxygens (including phenoxy) is 1. The highest BCUT2D eigenvalue weighted by Crippen LogP contribution is 2.41. The summed E-state index contributed by atoms with van der Waals surface area (Å²) in [5, 5.41) is 16.6. The fraction of sp³-hybridized carbons (Fsp3) is 0.462. The van der Waals surface area contributed by atoms with E-state index in [1.165, 1.54) is 29.1 Å². The van der Waals surface area contributed by atoms with E-state index in [1.54, 1.807) is 26.0 Å². The minimum atomic E-state index is -4.81. The van der Waals surface area contributed by atoms with Crippen molar-refractivity contribution < 1.29 is 27.8 Å². The lowest BCUT2D eigenvalue weighted by Gasteiger charge is -2.39. The van der Waals surface area contributed by atoms with Gasteiger partial charge in [0.15, 0.2) is 0 Å². The van der Waals surface area contributed by atoms with Crippen molar-refractivity contribution in [2.24, 2.45) is 5.41 Å². The fourth-order valence-electron chi connectivity index (χ4n) is 5.00. The number of aliphatic carboxylic acids is 1. The molecule has 0 bridgehead atoms. The Bertz CT molecular complexity index is 1280. The summed E-state index contributed by atoms with van der Waals surface area (Å²) >= 11 is 0. The Hall–Kier alpha value is -3.87. The number of nitrogen functional groups attached to an aromatic ring is 1. The van der Waals surface area contributed by atoms with Crippen molar-refractivity contribution in [3.05, 3.63) is 54.4 Å². The van der Waals surface area contributed by atoms with E-state index in [-0.39, 0.29) is 28.5 Å². The number of alkyl halides is 3. The Balaban J connectivity index is 1.57. The van der Waals surface area contributed by atoms with Crippen LogP contribution in [-0.2, 0) is 4.79 Å². The molecule has 0 aliphatic carbocycles. The number of carboxylic acid groups (broad SMARTS) is 1. The minimum Gasteiger partial charge on any atom is -0.480 e. The molecule has 4 rings (SSSR count). The van der Waals surface area contributed by atoms with Gasteiger partial charge >= 0.3 is 12.1 Å². The number of aryl methyl sites for hydroxylation is 1. The van der Waals surface area contributed by atoms with Gasteiger partial charge in [0, 0.05) is 37.5 Å². The van der Waals surface area contributed by atoms with Crippen LogP contribution in [0.25, 0.3) is 5.70 Å². The van der Waals surface area contributed by atoms with Crippen LogP contribution in [0.1, 0.15) is 31.9 Å². The number of rotatable bonds is 8. The maximum Gasteiger partial charge on any atom is 0.429 e. The van der Waals surface area contributed by atoms with E-state index < -0.39 is 24.3 Å². The largest absolute Gasteiger partial charge is 0.480 e. The van der Waals surface area contributed by atoms with Crippen molar-refractivity contribution in [2.75, 3.05) is 30.3 Å². The number of hydrogen-bond acceptors (Lipinski definition) is 8. The van der Waals surface area contributed by atoms with Crippen LogP contribution in [0.3, 0.4) is 0 Å². The molecule has 2 aliphatic rings. The molecular weight excluding hydrogens is 515 g/mol. The summed E-state index contributed by atoms with van der Waals surface area (Å²) in [5.41, 5.74) is 6.11. The Morgan fingerprint density at radius 1 is 1.36 bits per heavy atom. The average Bonchev–Trinajstić information content (AvgIpc) is 3.49. The monoisotopic (exact) mass is 547 g/mol. The second kappa shape index (κ2) is 11.1. The highest BCUT2D eigenvalue weighted by Gasteiger charge is 2.46. The Kier molecular flexibility index (Phi) is 8.00. The lowest BCUT2D eigenvalue weighted by molar-refractivity contribution is -0.182. The first-order valence-corrected chi connectivity index (χ1v) is 12.5. The van der Waals surface area contributed by atoms with Crippen LogP contribution in [0.5, 0.6) is 5.88 Å². The predicted molar refractivity (Wildman–Crippen MR) is 140 cm³/mol. The molecule has 13 heteroatoms. The summed E-state index contributed by atoms with van der Waals surface area (Å²) in [6.45, 7) is 8.92. The SMILES string of the molecule is C=C(/C(=C\C=C\C)[C@@H](Oc1cc(N2CCC3(CC2)CN[C@H](C(=O)O)C3)nc(N)n1)C(F)(F)F)n1ccc(C)n1. The van der Waals surface area contributed by atoms with Crippen LogP contribution in [0.2, 0.25) is 0 Å². The highest BCUT2D eigenvalue weighted by atomic mass is 19.4. The van der Waals surface area contributed by atoms with Crippen LogP contribution in [0.4, 0.5) is 24.9 Å². The van der Waals surface area contributed by atoms with E-state index in [4.69, 9.17) is 10.5 Å². The molecule has 4 heterocycles. The topological polar surface area (TPSA) is 131 Å². The van der Waals surface area contributed by atoms with Crippen molar-refractivity contribution in [1.82, 2.24) is 25.1 Å². The second-order valence-electron chi connectivity index (χ2n) is 9.92. The molecule has 210 valence electrons. The summed E-state index contributed by atoms with van der Waals surface area (Å²) in [4.78, 5) is 21.4. The summed E-state index contributed by atoms with van der Waals surface area (Å²) in [6.07, 6.45) is 0.589. The van der Waals surface area contributed by atoms with Gasteiger partial charge in [-0.25, -0.2) is 4.68 Å². The van der Waals surface area contributed by atoms with Crippen molar-refractivity contribution in [2.45, 2.75) is 51.4 Å². The predicted octanol–water partition coefficient (Wildman–Crippen LogP) is 3.58. The normalized spacial score (nSPS) is 20.5. The third kappa shape index (κ3) is 6.41. The molecule has 2 atom stereocenters. The molecule has 0 radical (unpaired) electrons. The quantitative estimate of drug-likeness (QED) is 0.425. The Morgan fingerprint density at radius 2 is 2.08 bits per heavy atom. The molecule has 2 aliphatic heterocycles. The lowest BCUT2D eigenvalue weighted by atomic mass is 9.76. The lowest BCUT2D eigenvalue weighted by Crippen LogP contribution is -2.41. The van der Waals surface area contributed by atoms with Gasteiger partial charge in [-0.05, 0) is 44.6 Å². The van der Waals surface area contributed by atoms with Crippen LogP contribution < -0.4 is 20.7 Å². The first kappa shape index (κ1) is 28.1. The van der Waals surface area contributed by atoms with Gasteiger partial charge < -0.3 is 25.8 Å². The molecule has 2 aromatic rings. The number of hydrogen-bond donors (Lipinski definition) is 3. The first-order valence-electron chi connectivity index (χ1n) is 12.5. The molecule has 0 amide bonds. The third-order valence-electron chi connectivity index (χ3n) is 7.13. The number of nitrogens with zero attached hydrogens (tertiary/aromatic N) is 5. The minimum absolute atomic E-state index is 0.00283. The van der Waals surface area contributed by atoms with Gasteiger partial charge in [0.25, 0.3) is 0 Å². The van der Waals surface area contributed by atoms with Gasteiger partial charge in [0.1, 0.15) is 11.9 Å². The van der Waals surface area contributed by atoms with Gasteiger partial charge in [-0.15, -0.1) is 0 Å². The molecule has 0 saturated carbocycles. The standard InChI is InChI=1S/C26H32F3N7O3/c1-4-5-6-18(17(3)36-10-7-16(2)34-36)22(26(27,28)29)39-21-13-20(32-24(30)33-21)35-11-8-25(9-12-35)14-19(23(37)38)31-15-25/h4-7,10,13,19,22,31H,3,8-9,11-12,14-15H2,1-2H3,(H,37,38)(H2,30,32,33)/b5-4+,18-6+/t19-,22+/m0/s1. The van der Waals surface area contributed by atoms with Crippen LogP contribution in [-0.4, -0.2) is 68.8 Å². The second-order valence-corrected chi connectivity index (χ2v) is 9.92. The van der Waals surface area contributed by atoms with E-state index in [0.717, 1.165) is 0 Å². The number of anilines is 2. The summed E-state index contributed by atoms with van der Waals surface area (Å²) in [5.74, 6) is -1.08. The van der Waals surface area contributed by atoms with E-state index in [9.17, 15) is 23.1 Å². The number of carbonyl (C=O) groups is 1. The number of carboxylic acids is 1. The Morgan fingerprint density at radius 3 is 2.64 bits per heavy atom. The maximum absolute atomic E-state index is 14.4. The van der Waals surface area contributed by atoms with E-state index in [2.05, 4.69) is 27.0 Å². The summed E-state index contributed by atoms with van der Waals surface area (Å²) in [7, 11) is 0. The maximum atomic E-state index is 14.4. The molecule has 0 unspecified atom stereocenters. The zero-order valence-corrected chi connectivity index (χ0v) is 21.8. The number of nitrogens with one attached hydrogen (secondary N) is 1. The number of halogens is 3. The van der Waals surface area contributed by atoms with E-state index >= 15 is 0 Å². The van der Waals surface area contributed by atoms with Crippen LogP contribution in [0, 0.1) is 12.3 Å². The summed E-state index contributed by atoms with van der Waals surface area (Å²) in [6, 6.07) is 2.43. The summed E-state index contributed by atoms with van der Waals surface area (Å²) < 4.78 is 49.9. The number of allylic oxidation sites excluding steroid dienone is 3. The van der Waals surface area contributed by atoms with Crippen molar-refractivity contribution in [3.8, 4) is 5.88 Å². The third-order valence-corrected chi connectivity index (χ3v) is 7.13. The molecule has 2 fully saturated rings. The van der Waals surface area contributed by atoms with E-state index in [1.807, 2.05) is 4.90 Å². The average molecular weight is 548 g/mol. The molecule has 2 aromatic heterocycles. The molecule has 2 saturated heterocycles. The number of aromatic nitrogens is 4. The number of piperidine rings is 1. The van der Waals surface area contributed by atoms with Gasteiger partial charge in [-0.3, -0.25) is 4.79 Å². The zero-order chi connectivity index (χ0) is 28.4. The smallest absolute Gasteiger partial charge is 0.429 e. The molecule has 1 spiro atoms. The van der Waals surface area contributed by atoms with Gasteiger partial charge in [-0.2, -0.15) is 28.2 Å².